The van der Waals surface area contributed by atoms with Crippen LogP contribution in [0.3, 0.4) is 0 Å². The molecule has 1 fully saturated rings. The van der Waals surface area contributed by atoms with Crippen LogP contribution >= 0.6 is 0 Å². The number of Topliss-reactive ketones (excluding diaryl/α,β-unsaturated/α-hetero) is 1. The van der Waals surface area contributed by atoms with Gasteiger partial charge in [0.15, 0.2) is 0 Å². The Balaban J connectivity index is 1.92. The number of carbonyl (C=O) groups is 2. The summed E-state index contributed by atoms with van der Waals surface area (Å²) in [7, 11) is 0. The lowest BCUT2D eigenvalue weighted by Crippen LogP contribution is -2.30. The molecular weight excluding hydrogens is 416 g/mol. The lowest BCUT2D eigenvalue weighted by atomic mass is 9.95. The number of hydrogen-bond acceptors (Lipinski definition) is 5. The van der Waals surface area contributed by atoms with E-state index in [1.54, 1.807) is 42.7 Å². The molecule has 1 amide bonds. The van der Waals surface area contributed by atoms with Gasteiger partial charge in [0.05, 0.1) is 18.2 Å². The number of ether oxygens (including phenoxy) is 1. The molecule has 2 aromatic carbocycles. The Labute approximate surface area is 193 Å². The number of amides is 1. The molecule has 1 atom stereocenters. The van der Waals surface area contributed by atoms with Crippen molar-refractivity contribution in [2.75, 3.05) is 11.5 Å². The van der Waals surface area contributed by atoms with E-state index in [0.29, 0.717) is 29.2 Å². The number of aryl methyl sites for hydroxylation is 3. The van der Waals surface area contributed by atoms with E-state index in [1.165, 1.54) is 4.90 Å². The topological polar surface area (TPSA) is 79.7 Å². The zero-order valence-corrected chi connectivity index (χ0v) is 19.1. The lowest BCUT2D eigenvalue weighted by Gasteiger charge is -2.27. The first-order chi connectivity index (χ1) is 15.8. The van der Waals surface area contributed by atoms with Crippen LogP contribution in [0.4, 0.5) is 5.69 Å². The molecule has 0 saturated carbocycles. The molecule has 1 aromatic heterocycles. The van der Waals surface area contributed by atoms with Gasteiger partial charge in [-0.3, -0.25) is 19.5 Å². The van der Waals surface area contributed by atoms with Crippen molar-refractivity contribution < 1.29 is 19.4 Å². The summed E-state index contributed by atoms with van der Waals surface area (Å²) in [6.07, 6.45) is 3.22. The second kappa shape index (κ2) is 8.90. The number of aromatic nitrogens is 1. The highest BCUT2D eigenvalue weighted by Gasteiger charge is 2.47. The van der Waals surface area contributed by atoms with Gasteiger partial charge in [-0.15, -0.1) is 0 Å². The summed E-state index contributed by atoms with van der Waals surface area (Å²) < 4.78 is 5.59. The van der Waals surface area contributed by atoms with Crippen molar-refractivity contribution in [2.24, 2.45) is 0 Å². The predicted octanol–water partition coefficient (Wildman–Crippen LogP) is 5.03. The highest BCUT2D eigenvalue weighted by atomic mass is 16.5. The number of rotatable bonds is 5. The summed E-state index contributed by atoms with van der Waals surface area (Å²) in [5.74, 6) is -0.905. The normalized spacial score (nSPS) is 17.5. The molecule has 3 aromatic rings. The van der Waals surface area contributed by atoms with Gasteiger partial charge in [-0.05, 0) is 80.8 Å². The Hall–Kier alpha value is -3.93. The average Bonchev–Trinajstić information content (AvgIpc) is 3.06. The van der Waals surface area contributed by atoms with Gasteiger partial charge in [-0.25, -0.2) is 0 Å². The van der Waals surface area contributed by atoms with Gasteiger partial charge >= 0.3 is 0 Å². The molecule has 0 aliphatic carbocycles. The Kier molecular flexibility index (Phi) is 6.01. The van der Waals surface area contributed by atoms with Crippen molar-refractivity contribution in [2.45, 2.75) is 33.7 Å². The Bertz CT molecular complexity index is 1260. The van der Waals surface area contributed by atoms with Crippen LogP contribution in [0.5, 0.6) is 5.75 Å². The highest BCUT2D eigenvalue weighted by Crippen LogP contribution is 2.43. The Morgan fingerprint density at radius 1 is 1.00 bits per heavy atom. The van der Waals surface area contributed by atoms with Crippen LogP contribution in [-0.4, -0.2) is 28.4 Å². The van der Waals surface area contributed by atoms with Crippen molar-refractivity contribution in [1.29, 1.82) is 0 Å². The van der Waals surface area contributed by atoms with Gasteiger partial charge in [0.1, 0.15) is 11.5 Å². The van der Waals surface area contributed by atoms with Crippen molar-refractivity contribution in [3.8, 4) is 5.75 Å². The third-order valence-electron chi connectivity index (χ3n) is 5.83. The number of hydrogen-bond donors (Lipinski definition) is 1. The maximum absolute atomic E-state index is 13.3. The van der Waals surface area contributed by atoms with Crippen molar-refractivity contribution in [1.82, 2.24) is 4.98 Å². The smallest absolute Gasteiger partial charge is 0.300 e. The largest absolute Gasteiger partial charge is 0.507 e. The quantitative estimate of drug-likeness (QED) is 0.341. The molecule has 1 unspecified atom stereocenters. The summed E-state index contributed by atoms with van der Waals surface area (Å²) in [4.78, 5) is 32.1. The van der Waals surface area contributed by atoms with E-state index in [4.69, 9.17) is 4.74 Å². The molecule has 2 heterocycles. The number of anilines is 1. The first-order valence-electron chi connectivity index (χ1n) is 10.9. The summed E-state index contributed by atoms with van der Waals surface area (Å²) in [5, 5.41) is 11.3. The Morgan fingerprint density at radius 3 is 2.36 bits per heavy atom. The fraction of sp³-hybridized carbons (Fsp3) is 0.222. The molecule has 1 aliphatic heterocycles. The number of aliphatic hydroxyl groups is 1. The summed E-state index contributed by atoms with van der Waals surface area (Å²) in [6.45, 7) is 8.17. The number of ketones is 1. The molecule has 1 N–H and O–H groups in total. The summed E-state index contributed by atoms with van der Waals surface area (Å²) in [5.41, 5.74) is 4.57. The van der Waals surface area contributed by atoms with Crippen LogP contribution in [0.1, 0.15) is 40.8 Å². The molecule has 0 spiro atoms. The average molecular weight is 443 g/mol. The molecule has 0 radical (unpaired) electrons. The van der Waals surface area contributed by atoms with Crippen molar-refractivity contribution >= 4 is 23.1 Å². The minimum Gasteiger partial charge on any atom is -0.507 e. The fourth-order valence-electron chi connectivity index (χ4n) is 4.29. The maximum Gasteiger partial charge on any atom is 0.300 e. The standard InChI is InChI=1S/C27H26N2O4/c1-5-33-22-9-7-20(15-18(22)4)25(30)23-24(19-10-12-28-13-11-19)29(27(32)26(23)31)21-8-6-16(2)14-17(21)3/h6-15,24,30H,5H2,1-4H3/b25-23+. The van der Waals surface area contributed by atoms with Crippen molar-refractivity contribution in [3.05, 3.63) is 94.3 Å². The number of benzene rings is 2. The SMILES string of the molecule is CCOc1ccc(/C(O)=C2\C(=O)C(=O)N(c3ccc(C)cc3C)C2c2ccncc2)cc1C. The molecule has 6 nitrogen and oxygen atoms in total. The third-order valence-corrected chi connectivity index (χ3v) is 5.83. The summed E-state index contributed by atoms with van der Waals surface area (Å²) >= 11 is 0. The fourth-order valence-corrected chi connectivity index (χ4v) is 4.29. The first kappa shape index (κ1) is 22.3. The second-order valence-electron chi connectivity index (χ2n) is 8.15. The molecule has 0 bridgehead atoms. The molecule has 168 valence electrons. The van der Waals surface area contributed by atoms with Crippen LogP contribution in [0, 0.1) is 20.8 Å². The lowest BCUT2D eigenvalue weighted by molar-refractivity contribution is -0.132. The molecule has 33 heavy (non-hydrogen) atoms. The molecule has 4 rings (SSSR count). The van der Waals surface area contributed by atoms with E-state index >= 15 is 0 Å². The van der Waals surface area contributed by atoms with Gasteiger partial charge in [-0.1, -0.05) is 17.7 Å². The number of aliphatic hydroxyl groups excluding tert-OH is 1. The van der Waals surface area contributed by atoms with Crippen LogP contribution in [0.15, 0.2) is 66.5 Å². The molecule has 1 saturated heterocycles. The van der Waals surface area contributed by atoms with Gasteiger partial charge in [0.25, 0.3) is 11.7 Å². The van der Waals surface area contributed by atoms with Gasteiger partial charge in [0.2, 0.25) is 0 Å². The minimum atomic E-state index is -0.777. The Morgan fingerprint density at radius 2 is 1.73 bits per heavy atom. The van der Waals surface area contributed by atoms with E-state index in [9.17, 15) is 14.7 Å². The summed E-state index contributed by atoms with van der Waals surface area (Å²) in [6, 6.07) is 13.7. The van der Waals surface area contributed by atoms with E-state index in [0.717, 1.165) is 16.7 Å². The monoisotopic (exact) mass is 442 g/mol. The number of nitrogens with zero attached hydrogens (tertiary/aromatic N) is 2. The van der Waals surface area contributed by atoms with Crippen molar-refractivity contribution in [3.63, 3.8) is 0 Å². The number of pyridine rings is 1. The highest BCUT2D eigenvalue weighted by molar-refractivity contribution is 6.51. The van der Waals surface area contributed by atoms with E-state index in [1.807, 2.05) is 45.9 Å². The maximum atomic E-state index is 13.3. The van der Waals surface area contributed by atoms with Gasteiger partial charge in [-0.2, -0.15) is 0 Å². The minimum absolute atomic E-state index is 0.0507. The van der Waals surface area contributed by atoms with Crippen LogP contribution in [0.25, 0.3) is 5.76 Å². The second-order valence-corrected chi connectivity index (χ2v) is 8.15. The number of carbonyl (C=O) groups excluding carboxylic acids is 2. The van der Waals surface area contributed by atoms with Gasteiger partial charge < -0.3 is 9.84 Å². The first-order valence-corrected chi connectivity index (χ1v) is 10.9. The molecule has 6 heteroatoms. The van der Waals surface area contributed by atoms with Crippen LogP contribution in [-0.2, 0) is 9.59 Å². The van der Waals surface area contributed by atoms with Gasteiger partial charge in [0, 0.05) is 23.6 Å². The third kappa shape index (κ3) is 4.00. The molecular formula is C27H26N2O4. The molecule has 1 aliphatic rings. The van der Waals surface area contributed by atoms with E-state index in [2.05, 4.69) is 4.98 Å². The van der Waals surface area contributed by atoms with E-state index < -0.39 is 17.7 Å². The van der Waals surface area contributed by atoms with Crippen LogP contribution < -0.4 is 9.64 Å². The predicted molar refractivity (Wildman–Crippen MR) is 127 cm³/mol. The van der Waals surface area contributed by atoms with Crippen LogP contribution in [0.2, 0.25) is 0 Å². The zero-order chi connectivity index (χ0) is 23.7. The zero-order valence-electron chi connectivity index (χ0n) is 19.1. The van der Waals surface area contributed by atoms with E-state index in [-0.39, 0.29) is 11.3 Å².